The number of hydrogen-bond donors (Lipinski definition) is 1. The van der Waals surface area contributed by atoms with Crippen molar-refractivity contribution < 1.29 is 4.74 Å². The molecule has 2 rings (SSSR count). The highest BCUT2D eigenvalue weighted by atomic mass is 79.9. The maximum absolute atomic E-state index is 5.27. The second kappa shape index (κ2) is 5.67. The Morgan fingerprint density at radius 3 is 2.89 bits per heavy atom. The van der Waals surface area contributed by atoms with E-state index in [1.54, 1.807) is 7.11 Å². The summed E-state index contributed by atoms with van der Waals surface area (Å²) >= 11 is 8.75. The highest BCUT2D eigenvalue weighted by Gasteiger charge is 2.09. The molecule has 0 saturated carbocycles. The summed E-state index contributed by atoms with van der Waals surface area (Å²) in [6.45, 7) is 2.12. The van der Waals surface area contributed by atoms with Crippen molar-refractivity contribution in [1.82, 2.24) is 14.8 Å². The molecule has 0 aliphatic rings. The van der Waals surface area contributed by atoms with Gasteiger partial charge in [0.25, 0.3) is 0 Å². The van der Waals surface area contributed by atoms with Crippen LogP contribution in [0.1, 0.15) is 19.2 Å². The number of aryl methyl sites for hydroxylation is 1. The molecule has 1 heterocycles. The average Bonchev–Trinajstić information content (AvgIpc) is 2.71. The molecule has 0 aliphatic heterocycles. The maximum atomic E-state index is 5.27. The minimum atomic E-state index is 0.607. The standard InChI is InChI=1S/C12H14BrN3OS/c1-3-4-11-14-15-12(18)16(11)8-5-6-10(17-2)9(13)7-8/h5-7H,3-4H2,1-2H3,(H,15,18). The summed E-state index contributed by atoms with van der Waals surface area (Å²) in [6.07, 6.45) is 1.91. The third kappa shape index (κ3) is 2.49. The number of aromatic nitrogens is 3. The molecule has 0 amide bonds. The van der Waals surface area contributed by atoms with E-state index < -0.39 is 0 Å². The Bertz CT molecular complexity index is 606. The van der Waals surface area contributed by atoms with E-state index in [1.165, 1.54) is 0 Å². The molecule has 96 valence electrons. The SMILES string of the molecule is CCCc1n[nH]c(=S)n1-c1ccc(OC)c(Br)c1. The van der Waals surface area contributed by atoms with Gasteiger partial charge in [-0.2, -0.15) is 5.10 Å². The maximum Gasteiger partial charge on any atom is 0.199 e. The Hall–Kier alpha value is -1.14. The fraction of sp³-hybridized carbons (Fsp3) is 0.333. The van der Waals surface area contributed by atoms with E-state index in [2.05, 4.69) is 33.1 Å². The zero-order valence-electron chi connectivity index (χ0n) is 10.2. The monoisotopic (exact) mass is 327 g/mol. The molecule has 0 fully saturated rings. The quantitative estimate of drug-likeness (QED) is 0.871. The van der Waals surface area contributed by atoms with Crippen molar-refractivity contribution in [3.63, 3.8) is 0 Å². The molecular formula is C12H14BrN3OS. The van der Waals surface area contributed by atoms with Gasteiger partial charge in [0.1, 0.15) is 11.6 Å². The van der Waals surface area contributed by atoms with E-state index >= 15 is 0 Å². The minimum absolute atomic E-state index is 0.607. The van der Waals surface area contributed by atoms with E-state index in [0.717, 1.165) is 34.6 Å². The van der Waals surface area contributed by atoms with Crippen molar-refractivity contribution >= 4 is 28.1 Å². The van der Waals surface area contributed by atoms with Gasteiger partial charge in [0.05, 0.1) is 17.3 Å². The van der Waals surface area contributed by atoms with Crippen LogP contribution in [0.2, 0.25) is 0 Å². The molecule has 2 aromatic rings. The van der Waals surface area contributed by atoms with Crippen molar-refractivity contribution in [2.24, 2.45) is 0 Å². The van der Waals surface area contributed by atoms with Crippen LogP contribution in [0.4, 0.5) is 0 Å². The van der Waals surface area contributed by atoms with Crippen molar-refractivity contribution in [3.05, 3.63) is 33.3 Å². The number of ether oxygens (including phenoxy) is 1. The van der Waals surface area contributed by atoms with Gasteiger partial charge in [-0.1, -0.05) is 6.92 Å². The van der Waals surface area contributed by atoms with Gasteiger partial charge in [-0.05, 0) is 52.8 Å². The van der Waals surface area contributed by atoms with Crippen LogP contribution in [0.5, 0.6) is 5.75 Å². The third-order valence-electron chi connectivity index (χ3n) is 2.61. The Morgan fingerprint density at radius 1 is 1.50 bits per heavy atom. The molecule has 0 unspecified atom stereocenters. The Balaban J connectivity index is 2.51. The van der Waals surface area contributed by atoms with E-state index in [4.69, 9.17) is 17.0 Å². The number of rotatable bonds is 4. The van der Waals surface area contributed by atoms with Gasteiger partial charge in [-0.25, -0.2) is 0 Å². The summed E-state index contributed by atoms with van der Waals surface area (Å²) < 4.78 is 8.67. The van der Waals surface area contributed by atoms with Gasteiger partial charge in [0, 0.05) is 6.42 Å². The first-order valence-corrected chi connectivity index (χ1v) is 6.87. The Morgan fingerprint density at radius 2 is 2.28 bits per heavy atom. The van der Waals surface area contributed by atoms with Crippen LogP contribution in [0.3, 0.4) is 0 Å². The number of nitrogens with one attached hydrogen (secondary N) is 1. The number of methoxy groups -OCH3 is 1. The van der Waals surface area contributed by atoms with Crippen molar-refractivity contribution in [1.29, 1.82) is 0 Å². The summed E-state index contributed by atoms with van der Waals surface area (Å²) in [7, 11) is 1.64. The second-order valence-corrected chi connectivity index (χ2v) is 5.09. The molecule has 0 saturated heterocycles. The van der Waals surface area contributed by atoms with Crippen LogP contribution >= 0.6 is 28.1 Å². The molecular weight excluding hydrogens is 314 g/mol. The van der Waals surface area contributed by atoms with Gasteiger partial charge in [-0.3, -0.25) is 9.67 Å². The van der Waals surface area contributed by atoms with Crippen LogP contribution in [0.25, 0.3) is 5.69 Å². The first kappa shape index (κ1) is 13.3. The zero-order chi connectivity index (χ0) is 13.1. The molecule has 0 spiro atoms. The Labute approximate surface area is 119 Å². The first-order valence-electron chi connectivity index (χ1n) is 5.67. The van der Waals surface area contributed by atoms with Gasteiger partial charge >= 0.3 is 0 Å². The molecule has 0 radical (unpaired) electrons. The summed E-state index contributed by atoms with van der Waals surface area (Å²) in [5.41, 5.74) is 0.977. The lowest BCUT2D eigenvalue weighted by Crippen LogP contribution is -2.01. The smallest absolute Gasteiger partial charge is 0.199 e. The van der Waals surface area contributed by atoms with Crippen LogP contribution in [0, 0.1) is 4.77 Å². The lowest BCUT2D eigenvalue weighted by atomic mass is 10.2. The largest absolute Gasteiger partial charge is 0.496 e. The molecule has 1 N–H and O–H groups in total. The number of H-pyrrole nitrogens is 1. The number of hydrogen-bond acceptors (Lipinski definition) is 3. The molecule has 4 nitrogen and oxygen atoms in total. The number of nitrogens with zero attached hydrogens (tertiary/aromatic N) is 2. The molecule has 0 bridgehead atoms. The normalized spacial score (nSPS) is 10.6. The molecule has 0 atom stereocenters. The van der Waals surface area contributed by atoms with Crippen LogP contribution in [0.15, 0.2) is 22.7 Å². The van der Waals surface area contributed by atoms with Crippen molar-refractivity contribution in [2.45, 2.75) is 19.8 Å². The molecule has 1 aromatic carbocycles. The van der Waals surface area contributed by atoms with Gasteiger partial charge < -0.3 is 4.74 Å². The fourth-order valence-electron chi connectivity index (χ4n) is 1.78. The van der Waals surface area contributed by atoms with E-state index in [0.29, 0.717) is 4.77 Å². The summed E-state index contributed by atoms with van der Waals surface area (Å²) in [4.78, 5) is 0. The van der Waals surface area contributed by atoms with Gasteiger partial charge in [0.2, 0.25) is 0 Å². The number of benzene rings is 1. The van der Waals surface area contributed by atoms with Crippen molar-refractivity contribution in [3.8, 4) is 11.4 Å². The fourth-order valence-corrected chi connectivity index (χ4v) is 2.57. The summed E-state index contributed by atoms with van der Waals surface area (Å²) in [5, 5.41) is 7.09. The molecule has 1 aromatic heterocycles. The average molecular weight is 328 g/mol. The third-order valence-corrected chi connectivity index (χ3v) is 3.50. The number of halogens is 1. The molecule has 6 heteroatoms. The lowest BCUT2D eigenvalue weighted by molar-refractivity contribution is 0.412. The number of aromatic amines is 1. The Kier molecular flexibility index (Phi) is 4.19. The van der Waals surface area contributed by atoms with Crippen LogP contribution in [-0.2, 0) is 6.42 Å². The second-order valence-electron chi connectivity index (χ2n) is 3.85. The highest BCUT2D eigenvalue weighted by molar-refractivity contribution is 9.10. The predicted molar refractivity (Wildman–Crippen MR) is 77.0 cm³/mol. The minimum Gasteiger partial charge on any atom is -0.496 e. The lowest BCUT2D eigenvalue weighted by Gasteiger charge is -2.09. The van der Waals surface area contributed by atoms with Gasteiger partial charge in [0.15, 0.2) is 4.77 Å². The van der Waals surface area contributed by atoms with E-state index in [-0.39, 0.29) is 0 Å². The molecule has 0 aliphatic carbocycles. The van der Waals surface area contributed by atoms with E-state index in [1.807, 2.05) is 22.8 Å². The first-order chi connectivity index (χ1) is 8.67. The summed E-state index contributed by atoms with van der Waals surface area (Å²) in [6, 6.07) is 5.85. The topological polar surface area (TPSA) is 42.8 Å². The van der Waals surface area contributed by atoms with E-state index in [9.17, 15) is 0 Å². The van der Waals surface area contributed by atoms with Crippen LogP contribution in [-0.4, -0.2) is 21.9 Å². The predicted octanol–water partition coefficient (Wildman–Crippen LogP) is 3.65. The molecule has 18 heavy (non-hydrogen) atoms. The van der Waals surface area contributed by atoms with Crippen LogP contribution < -0.4 is 4.74 Å². The highest BCUT2D eigenvalue weighted by Crippen LogP contribution is 2.27. The zero-order valence-corrected chi connectivity index (χ0v) is 12.6. The van der Waals surface area contributed by atoms with Gasteiger partial charge in [-0.15, -0.1) is 0 Å². The summed E-state index contributed by atoms with van der Waals surface area (Å²) in [5.74, 6) is 1.74. The van der Waals surface area contributed by atoms with Crippen molar-refractivity contribution in [2.75, 3.05) is 7.11 Å².